The summed E-state index contributed by atoms with van der Waals surface area (Å²) >= 11 is 0. The van der Waals surface area contributed by atoms with E-state index in [0.717, 1.165) is 17.7 Å². The van der Waals surface area contributed by atoms with Gasteiger partial charge in [-0.1, -0.05) is 24.3 Å². The number of nitrogens with two attached hydrogens (primary N) is 1. The minimum Gasteiger partial charge on any atom is -0.330 e. The summed E-state index contributed by atoms with van der Waals surface area (Å²) in [5.74, 6) is -5.13. The summed E-state index contributed by atoms with van der Waals surface area (Å²) in [6.45, 7) is 0.477. The van der Waals surface area contributed by atoms with Crippen molar-refractivity contribution >= 4 is 5.78 Å². The molecule has 0 aliphatic rings. The minimum atomic E-state index is -1.64. The first-order chi connectivity index (χ1) is 9.54. The van der Waals surface area contributed by atoms with Gasteiger partial charge >= 0.3 is 0 Å². The molecule has 0 saturated heterocycles. The number of carbonyl (C=O) groups excluding carboxylic acids is 1. The van der Waals surface area contributed by atoms with E-state index in [4.69, 9.17) is 5.73 Å². The molecule has 0 aliphatic carbocycles. The Balaban J connectivity index is 2.34. The Labute approximate surface area is 114 Å². The van der Waals surface area contributed by atoms with Gasteiger partial charge < -0.3 is 5.73 Å². The lowest BCUT2D eigenvalue weighted by Crippen LogP contribution is -2.08. The van der Waals surface area contributed by atoms with Crippen molar-refractivity contribution in [2.45, 2.75) is 6.42 Å². The van der Waals surface area contributed by atoms with Crippen LogP contribution in [0.15, 0.2) is 36.4 Å². The molecular weight excluding hydrogens is 267 g/mol. The smallest absolute Gasteiger partial charge is 0.196 e. The van der Waals surface area contributed by atoms with Crippen molar-refractivity contribution in [2.24, 2.45) is 5.73 Å². The standard InChI is InChI=1S/C15H12F3NO/c16-12-6-5-11(13(17)14(12)18)15(20)10-3-1-9(2-4-10)7-8-19/h1-6H,7-8,19H2. The predicted octanol–water partition coefficient (Wildman–Crippen LogP) is 2.84. The summed E-state index contributed by atoms with van der Waals surface area (Å²) in [6, 6.07) is 8.07. The fourth-order valence-electron chi connectivity index (χ4n) is 1.85. The highest BCUT2D eigenvalue weighted by Crippen LogP contribution is 2.19. The minimum absolute atomic E-state index is 0.204. The van der Waals surface area contributed by atoms with E-state index in [2.05, 4.69) is 0 Å². The molecule has 2 aromatic carbocycles. The second kappa shape index (κ2) is 5.88. The van der Waals surface area contributed by atoms with Crippen LogP contribution < -0.4 is 5.73 Å². The zero-order chi connectivity index (χ0) is 14.7. The molecule has 0 aromatic heterocycles. The Morgan fingerprint density at radius 2 is 1.60 bits per heavy atom. The molecular formula is C15H12F3NO. The van der Waals surface area contributed by atoms with Crippen LogP contribution in [0, 0.1) is 17.5 Å². The van der Waals surface area contributed by atoms with E-state index in [1.807, 2.05) is 0 Å². The second-order valence-corrected chi connectivity index (χ2v) is 4.29. The molecule has 0 saturated carbocycles. The van der Waals surface area contributed by atoms with Gasteiger partial charge in [-0.15, -0.1) is 0 Å². The Kier molecular flexibility index (Phi) is 4.20. The first-order valence-corrected chi connectivity index (χ1v) is 6.01. The van der Waals surface area contributed by atoms with Gasteiger partial charge in [0.1, 0.15) is 0 Å². The van der Waals surface area contributed by atoms with Crippen LogP contribution in [0.3, 0.4) is 0 Å². The summed E-state index contributed by atoms with van der Waals surface area (Å²) < 4.78 is 39.5. The molecule has 0 radical (unpaired) electrons. The number of halogens is 3. The molecule has 0 aliphatic heterocycles. The monoisotopic (exact) mass is 279 g/mol. The highest BCUT2D eigenvalue weighted by atomic mass is 19.2. The molecule has 5 heteroatoms. The maximum absolute atomic E-state index is 13.5. The van der Waals surface area contributed by atoms with Crippen LogP contribution in [0.1, 0.15) is 21.5 Å². The first-order valence-electron chi connectivity index (χ1n) is 6.01. The number of hydrogen-bond donors (Lipinski definition) is 1. The molecule has 2 rings (SSSR count). The topological polar surface area (TPSA) is 43.1 Å². The van der Waals surface area contributed by atoms with Crippen LogP contribution in [0.2, 0.25) is 0 Å². The number of carbonyl (C=O) groups is 1. The van der Waals surface area contributed by atoms with E-state index in [1.54, 1.807) is 12.1 Å². The lowest BCUT2D eigenvalue weighted by Gasteiger charge is -2.05. The van der Waals surface area contributed by atoms with Crippen molar-refractivity contribution < 1.29 is 18.0 Å². The van der Waals surface area contributed by atoms with E-state index in [1.165, 1.54) is 12.1 Å². The van der Waals surface area contributed by atoms with Crippen molar-refractivity contribution in [1.29, 1.82) is 0 Å². The van der Waals surface area contributed by atoms with Gasteiger partial charge in [0.05, 0.1) is 5.56 Å². The van der Waals surface area contributed by atoms with E-state index in [-0.39, 0.29) is 5.56 Å². The van der Waals surface area contributed by atoms with Gasteiger partial charge in [0.2, 0.25) is 0 Å². The van der Waals surface area contributed by atoms with Gasteiger partial charge in [-0.2, -0.15) is 0 Å². The number of rotatable bonds is 4. The van der Waals surface area contributed by atoms with Gasteiger partial charge in [-0.3, -0.25) is 4.79 Å². The van der Waals surface area contributed by atoms with Crippen LogP contribution in [0.5, 0.6) is 0 Å². The van der Waals surface area contributed by atoms with Crippen LogP contribution in [-0.4, -0.2) is 12.3 Å². The first kappa shape index (κ1) is 14.3. The van der Waals surface area contributed by atoms with Crippen LogP contribution in [0.25, 0.3) is 0 Å². The van der Waals surface area contributed by atoms with E-state index < -0.39 is 28.8 Å². The summed E-state index contributed by atoms with van der Waals surface area (Å²) in [4.78, 5) is 12.0. The average molecular weight is 279 g/mol. The molecule has 0 fully saturated rings. The van der Waals surface area contributed by atoms with Gasteiger partial charge in [-0.05, 0) is 30.7 Å². The van der Waals surface area contributed by atoms with Crippen molar-refractivity contribution in [3.63, 3.8) is 0 Å². The molecule has 104 valence electrons. The molecule has 0 spiro atoms. The average Bonchev–Trinajstić information content (AvgIpc) is 2.45. The molecule has 0 unspecified atom stereocenters. The third kappa shape index (κ3) is 2.72. The van der Waals surface area contributed by atoms with E-state index in [9.17, 15) is 18.0 Å². The lowest BCUT2D eigenvalue weighted by molar-refractivity contribution is 0.103. The summed E-state index contributed by atoms with van der Waals surface area (Å²) in [6.07, 6.45) is 0.661. The van der Waals surface area contributed by atoms with Gasteiger partial charge in [-0.25, -0.2) is 13.2 Å². The fourth-order valence-corrected chi connectivity index (χ4v) is 1.85. The number of benzene rings is 2. The quantitative estimate of drug-likeness (QED) is 0.691. The van der Waals surface area contributed by atoms with Crippen LogP contribution in [0.4, 0.5) is 13.2 Å². The Morgan fingerprint density at radius 1 is 0.950 bits per heavy atom. The van der Waals surface area contributed by atoms with Gasteiger partial charge in [0.15, 0.2) is 23.2 Å². The summed E-state index contributed by atoms with van der Waals surface area (Å²) in [5, 5.41) is 0. The highest BCUT2D eigenvalue weighted by molar-refractivity contribution is 6.09. The number of ketones is 1. The van der Waals surface area contributed by atoms with Gasteiger partial charge in [0, 0.05) is 5.56 Å². The van der Waals surface area contributed by atoms with E-state index >= 15 is 0 Å². The zero-order valence-electron chi connectivity index (χ0n) is 10.5. The molecule has 0 atom stereocenters. The normalized spacial score (nSPS) is 10.6. The summed E-state index contributed by atoms with van der Waals surface area (Å²) in [5.41, 5.74) is 6.06. The molecule has 0 amide bonds. The molecule has 2 aromatic rings. The fraction of sp³-hybridized carbons (Fsp3) is 0.133. The Morgan fingerprint density at radius 3 is 2.20 bits per heavy atom. The third-order valence-electron chi connectivity index (χ3n) is 2.93. The third-order valence-corrected chi connectivity index (χ3v) is 2.93. The van der Waals surface area contributed by atoms with E-state index in [0.29, 0.717) is 13.0 Å². The highest BCUT2D eigenvalue weighted by Gasteiger charge is 2.19. The SMILES string of the molecule is NCCc1ccc(C(=O)c2ccc(F)c(F)c2F)cc1. The van der Waals surface area contributed by atoms with Crippen molar-refractivity contribution in [3.8, 4) is 0 Å². The maximum Gasteiger partial charge on any atom is 0.196 e. The summed E-state index contributed by atoms with van der Waals surface area (Å²) in [7, 11) is 0. The second-order valence-electron chi connectivity index (χ2n) is 4.29. The van der Waals surface area contributed by atoms with Crippen LogP contribution >= 0.6 is 0 Å². The number of hydrogen-bond acceptors (Lipinski definition) is 2. The predicted molar refractivity (Wildman–Crippen MR) is 68.9 cm³/mol. The molecule has 0 heterocycles. The van der Waals surface area contributed by atoms with Crippen molar-refractivity contribution in [2.75, 3.05) is 6.54 Å². The van der Waals surface area contributed by atoms with Gasteiger partial charge in [0.25, 0.3) is 0 Å². The molecule has 20 heavy (non-hydrogen) atoms. The largest absolute Gasteiger partial charge is 0.330 e. The zero-order valence-corrected chi connectivity index (χ0v) is 10.5. The maximum atomic E-state index is 13.5. The van der Waals surface area contributed by atoms with Crippen LogP contribution in [-0.2, 0) is 6.42 Å². The Bertz CT molecular complexity index is 638. The Hall–Kier alpha value is -2.14. The lowest BCUT2D eigenvalue weighted by atomic mass is 10.0. The molecule has 2 nitrogen and oxygen atoms in total. The van der Waals surface area contributed by atoms with Crippen molar-refractivity contribution in [1.82, 2.24) is 0 Å². The van der Waals surface area contributed by atoms with Crippen molar-refractivity contribution in [3.05, 3.63) is 70.5 Å². The molecule has 0 bridgehead atoms. The molecule has 2 N–H and O–H groups in total.